The minimum atomic E-state index is -3.64. The van der Waals surface area contributed by atoms with Gasteiger partial charge in [-0.1, -0.05) is 54.6 Å². The molecule has 0 heterocycles. The third-order valence-corrected chi connectivity index (χ3v) is 7.24. The molecule has 0 radical (unpaired) electrons. The van der Waals surface area contributed by atoms with Crippen LogP contribution in [0.5, 0.6) is 0 Å². The van der Waals surface area contributed by atoms with Gasteiger partial charge in [0.05, 0.1) is 10.6 Å². The number of aryl methyl sites for hydroxylation is 1. The van der Waals surface area contributed by atoms with Gasteiger partial charge >= 0.3 is 0 Å². The molecule has 0 saturated heterocycles. The number of carbonyl (C=O) groups is 1. The Bertz CT molecular complexity index is 1120. The van der Waals surface area contributed by atoms with E-state index >= 15 is 0 Å². The Kier molecular flexibility index (Phi) is 7.90. The lowest BCUT2D eigenvalue weighted by atomic mass is 10.1. The second-order valence-corrected chi connectivity index (χ2v) is 9.71. The van der Waals surface area contributed by atoms with Crippen molar-refractivity contribution in [3.8, 4) is 0 Å². The molecule has 3 aromatic carbocycles. The molecule has 0 saturated carbocycles. The summed E-state index contributed by atoms with van der Waals surface area (Å²) in [6.45, 7) is 1.81. The molecule has 0 bridgehead atoms. The van der Waals surface area contributed by atoms with E-state index in [2.05, 4.69) is 10.0 Å². The minimum absolute atomic E-state index is 0.0726. The predicted molar refractivity (Wildman–Crippen MR) is 127 cm³/mol. The lowest BCUT2D eigenvalue weighted by Gasteiger charge is -2.15. The molecule has 0 aliphatic carbocycles. The van der Waals surface area contributed by atoms with Crippen molar-refractivity contribution in [1.29, 1.82) is 0 Å². The summed E-state index contributed by atoms with van der Waals surface area (Å²) in [6.07, 6.45) is 2.82. The lowest BCUT2D eigenvalue weighted by molar-refractivity contribution is -0.116. The van der Waals surface area contributed by atoms with Crippen molar-refractivity contribution >= 4 is 33.4 Å². The smallest absolute Gasteiger partial charge is 0.241 e. The molecule has 2 N–H and O–H groups in total. The van der Waals surface area contributed by atoms with Crippen LogP contribution in [0.3, 0.4) is 0 Å². The van der Waals surface area contributed by atoms with E-state index in [0.29, 0.717) is 12.8 Å². The second kappa shape index (κ2) is 10.6. The van der Waals surface area contributed by atoms with Crippen LogP contribution in [-0.4, -0.2) is 20.6 Å². The number of carbonyl (C=O) groups excluding carboxylic acids is 1. The van der Waals surface area contributed by atoms with Crippen LogP contribution in [0.4, 0.5) is 5.69 Å². The standard InChI is InChI=1S/C24H26N2O3S2/c1-18(20-8-4-3-5-9-20)26-31(28,29)21-15-12-19(13-16-21)14-17-24(27)25-22-10-6-7-11-23(22)30-2/h3-13,15-16,18,26H,14,17H2,1-2H3,(H,25,27)/t18-/m1/s1. The fourth-order valence-corrected chi connectivity index (χ4v) is 4.95. The van der Waals surface area contributed by atoms with E-state index in [1.54, 1.807) is 36.0 Å². The molecule has 3 aromatic rings. The van der Waals surface area contributed by atoms with Crippen LogP contribution in [0, 0.1) is 0 Å². The van der Waals surface area contributed by atoms with Gasteiger partial charge in [0.2, 0.25) is 15.9 Å². The molecule has 0 spiro atoms. The van der Waals surface area contributed by atoms with Crippen LogP contribution >= 0.6 is 11.8 Å². The summed E-state index contributed by atoms with van der Waals surface area (Å²) in [5.41, 5.74) is 2.61. The molecular formula is C24H26N2O3S2. The highest BCUT2D eigenvalue weighted by Gasteiger charge is 2.18. The van der Waals surface area contributed by atoms with E-state index in [0.717, 1.165) is 21.7 Å². The normalized spacial score (nSPS) is 12.3. The molecule has 1 atom stereocenters. The average Bonchev–Trinajstić information content (AvgIpc) is 2.78. The lowest BCUT2D eigenvalue weighted by Crippen LogP contribution is -2.26. The Balaban J connectivity index is 1.57. The van der Waals surface area contributed by atoms with E-state index in [1.807, 2.05) is 67.8 Å². The zero-order chi connectivity index (χ0) is 22.3. The van der Waals surface area contributed by atoms with Crippen molar-refractivity contribution in [3.63, 3.8) is 0 Å². The average molecular weight is 455 g/mol. The highest BCUT2D eigenvalue weighted by atomic mass is 32.2. The Morgan fingerprint density at radius 3 is 2.26 bits per heavy atom. The number of rotatable bonds is 9. The van der Waals surface area contributed by atoms with Gasteiger partial charge < -0.3 is 5.32 Å². The van der Waals surface area contributed by atoms with Crippen molar-refractivity contribution in [3.05, 3.63) is 90.0 Å². The monoisotopic (exact) mass is 454 g/mol. The molecule has 0 aliphatic heterocycles. The molecule has 5 nitrogen and oxygen atoms in total. The zero-order valence-electron chi connectivity index (χ0n) is 17.5. The van der Waals surface area contributed by atoms with Crippen molar-refractivity contribution in [2.75, 3.05) is 11.6 Å². The summed E-state index contributed by atoms with van der Waals surface area (Å²) in [5, 5.41) is 2.94. The first-order chi connectivity index (χ1) is 14.9. The van der Waals surface area contributed by atoms with Crippen LogP contribution < -0.4 is 10.0 Å². The Morgan fingerprint density at radius 1 is 0.935 bits per heavy atom. The third-order valence-electron chi connectivity index (χ3n) is 4.89. The maximum absolute atomic E-state index is 12.7. The first-order valence-corrected chi connectivity index (χ1v) is 12.7. The van der Waals surface area contributed by atoms with Gasteiger partial charge in [-0.2, -0.15) is 0 Å². The van der Waals surface area contributed by atoms with Gasteiger partial charge in [-0.3, -0.25) is 4.79 Å². The third kappa shape index (κ3) is 6.43. The SMILES string of the molecule is CSc1ccccc1NC(=O)CCc1ccc(S(=O)(=O)N[C@H](C)c2ccccc2)cc1. The molecule has 0 aromatic heterocycles. The maximum Gasteiger partial charge on any atom is 0.241 e. The fourth-order valence-electron chi connectivity index (χ4n) is 3.16. The highest BCUT2D eigenvalue weighted by Crippen LogP contribution is 2.25. The van der Waals surface area contributed by atoms with Crippen molar-refractivity contribution < 1.29 is 13.2 Å². The van der Waals surface area contributed by atoms with E-state index in [1.165, 1.54) is 0 Å². The number of amides is 1. The summed E-state index contributed by atoms with van der Waals surface area (Å²) in [5.74, 6) is -0.0726. The molecule has 0 fully saturated rings. The maximum atomic E-state index is 12.7. The van der Waals surface area contributed by atoms with Crippen LogP contribution in [0.25, 0.3) is 0 Å². The van der Waals surface area contributed by atoms with Crippen molar-refractivity contribution in [1.82, 2.24) is 4.72 Å². The van der Waals surface area contributed by atoms with Crippen molar-refractivity contribution in [2.24, 2.45) is 0 Å². The summed E-state index contributed by atoms with van der Waals surface area (Å²) in [6, 6.07) is 23.4. The molecule has 162 valence electrons. The van der Waals surface area contributed by atoms with Crippen LogP contribution in [0.1, 0.15) is 30.5 Å². The number of benzene rings is 3. The van der Waals surface area contributed by atoms with Crippen LogP contribution in [-0.2, 0) is 21.2 Å². The number of anilines is 1. The zero-order valence-corrected chi connectivity index (χ0v) is 19.2. The van der Waals surface area contributed by atoms with Crippen molar-refractivity contribution in [2.45, 2.75) is 35.6 Å². The first kappa shape index (κ1) is 23.1. The Morgan fingerprint density at radius 2 is 1.58 bits per heavy atom. The van der Waals surface area contributed by atoms with Gasteiger partial charge in [0.1, 0.15) is 0 Å². The van der Waals surface area contributed by atoms with Gasteiger partial charge in [-0.05, 0) is 55.0 Å². The first-order valence-electron chi connectivity index (χ1n) is 9.98. The number of hydrogen-bond acceptors (Lipinski definition) is 4. The molecular weight excluding hydrogens is 428 g/mol. The number of hydrogen-bond donors (Lipinski definition) is 2. The molecule has 31 heavy (non-hydrogen) atoms. The quantitative estimate of drug-likeness (QED) is 0.445. The summed E-state index contributed by atoms with van der Waals surface area (Å²) in [7, 11) is -3.64. The summed E-state index contributed by atoms with van der Waals surface area (Å²) in [4.78, 5) is 13.5. The molecule has 1 amide bonds. The van der Waals surface area contributed by atoms with E-state index in [-0.39, 0.29) is 16.8 Å². The van der Waals surface area contributed by atoms with E-state index in [9.17, 15) is 13.2 Å². The number of thioether (sulfide) groups is 1. The number of para-hydroxylation sites is 1. The largest absolute Gasteiger partial charge is 0.325 e. The Labute approximate surface area is 188 Å². The minimum Gasteiger partial charge on any atom is -0.325 e. The molecule has 3 rings (SSSR count). The van der Waals surface area contributed by atoms with Gasteiger partial charge in [0.15, 0.2) is 0 Å². The molecule has 0 aliphatic rings. The van der Waals surface area contributed by atoms with Crippen LogP contribution in [0.2, 0.25) is 0 Å². The van der Waals surface area contributed by atoms with E-state index in [4.69, 9.17) is 0 Å². The molecule has 0 unspecified atom stereocenters. The second-order valence-electron chi connectivity index (χ2n) is 7.15. The number of nitrogens with one attached hydrogen (secondary N) is 2. The van der Waals surface area contributed by atoms with Gasteiger partial charge in [-0.15, -0.1) is 11.8 Å². The van der Waals surface area contributed by atoms with Crippen LogP contribution in [0.15, 0.2) is 88.7 Å². The predicted octanol–water partition coefficient (Wildman–Crippen LogP) is 5.02. The number of sulfonamides is 1. The highest BCUT2D eigenvalue weighted by molar-refractivity contribution is 7.98. The Hall–Kier alpha value is -2.61. The summed E-state index contributed by atoms with van der Waals surface area (Å²) >= 11 is 1.58. The van der Waals surface area contributed by atoms with E-state index < -0.39 is 10.0 Å². The molecule has 7 heteroatoms. The summed E-state index contributed by atoms with van der Waals surface area (Å²) < 4.78 is 28.1. The van der Waals surface area contributed by atoms with Gasteiger partial charge in [0, 0.05) is 17.4 Å². The van der Waals surface area contributed by atoms with Gasteiger partial charge in [0.25, 0.3) is 0 Å². The van der Waals surface area contributed by atoms with Gasteiger partial charge in [-0.25, -0.2) is 13.1 Å². The topological polar surface area (TPSA) is 75.3 Å². The fraction of sp³-hybridized carbons (Fsp3) is 0.208.